The van der Waals surface area contributed by atoms with Crippen LogP contribution in [0, 0.1) is 0 Å². The lowest BCUT2D eigenvalue weighted by Crippen LogP contribution is -2.32. The fourth-order valence-electron chi connectivity index (χ4n) is 3.09. The number of hydrazone groups is 1. The molecule has 0 saturated heterocycles. The number of hydrogen-bond acceptors (Lipinski definition) is 5. The number of carbonyl (C=O) groups excluding carboxylic acids is 2. The molecule has 0 spiro atoms. The summed E-state index contributed by atoms with van der Waals surface area (Å²) in [7, 11) is 1.55. The Labute approximate surface area is 190 Å². The molecular formula is C25H21N5O3. The molecule has 0 unspecified atom stereocenters. The predicted octanol–water partition coefficient (Wildman–Crippen LogP) is 3.64. The van der Waals surface area contributed by atoms with Crippen LogP contribution in [0.5, 0.6) is 5.75 Å². The van der Waals surface area contributed by atoms with Crippen molar-refractivity contribution in [3.63, 3.8) is 0 Å². The summed E-state index contributed by atoms with van der Waals surface area (Å²) in [5.74, 6) is -1.08. The van der Waals surface area contributed by atoms with Gasteiger partial charge in [0.25, 0.3) is 0 Å². The molecule has 0 aliphatic rings. The van der Waals surface area contributed by atoms with E-state index < -0.39 is 11.8 Å². The Kier molecular flexibility index (Phi) is 6.56. The van der Waals surface area contributed by atoms with E-state index in [4.69, 9.17) is 4.74 Å². The molecule has 2 amide bonds. The van der Waals surface area contributed by atoms with Crippen molar-refractivity contribution in [2.45, 2.75) is 0 Å². The molecule has 1 aromatic heterocycles. The predicted molar refractivity (Wildman–Crippen MR) is 126 cm³/mol. The SMILES string of the molecule is COc1ccc(NC(=O)C(=O)N/N=C/c2cn(-c3ccccc3)nc2-c2ccccc2)cc1. The fourth-order valence-corrected chi connectivity index (χ4v) is 3.09. The van der Waals surface area contributed by atoms with Crippen molar-refractivity contribution in [1.29, 1.82) is 0 Å². The molecule has 0 saturated carbocycles. The average Bonchev–Trinajstić information content (AvgIpc) is 3.29. The Hall–Kier alpha value is -4.72. The largest absolute Gasteiger partial charge is 0.497 e. The Morgan fingerprint density at radius 1 is 0.909 bits per heavy atom. The van der Waals surface area contributed by atoms with Crippen molar-refractivity contribution in [2.24, 2.45) is 5.10 Å². The lowest BCUT2D eigenvalue weighted by molar-refractivity contribution is -0.136. The first-order chi connectivity index (χ1) is 16.1. The number of anilines is 1. The van der Waals surface area contributed by atoms with Gasteiger partial charge in [-0.3, -0.25) is 9.59 Å². The van der Waals surface area contributed by atoms with Crippen molar-refractivity contribution >= 4 is 23.7 Å². The first kappa shape index (κ1) is 21.5. The number of carbonyl (C=O) groups is 2. The number of para-hydroxylation sites is 1. The number of rotatable bonds is 6. The van der Waals surface area contributed by atoms with E-state index in [1.807, 2.05) is 66.9 Å². The maximum atomic E-state index is 12.2. The maximum absolute atomic E-state index is 12.2. The van der Waals surface area contributed by atoms with Gasteiger partial charge >= 0.3 is 11.8 Å². The second kappa shape index (κ2) is 10.1. The Bertz CT molecular complexity index is 1270. The fraction of sp³-hybridized carbons (Fsp3) is 0.0400. The van der Waals surface area contributed by atoms with Crippen LogP contribution in [-0.2, 0) is 9.59 Å². The van der Waals surface area contributed by atoms with Gasteiger partial charge in [0.2, 0.25) is 0 Å². The van der Waals surface area contributed by atoms with E-state index in [1.54, 1.807) is 36.1 Å². The van der Waals surface area contributed by atoms with Gasteiger partial charge in [0.15, 0.2) is 0 Å². The highest BCUT2D eigenvalue weighted by Gasteiger charge is 2.14. The summed E-state index contributed by atoms with van der Waals surface area (Å²) < 4.78 is 6.81. The molecule has 164 valence electrons. The van der Waals surface area contributed by atoms with Gasteiger partial charge in [0.1, 0.15) is 11.4 Å². The van der Waals surface area contributed by atoms with Gasteiger partial charge < -0.3 is 10.1 Å². The van der Waals surface area contributed by atoms with Crippen LogP contribution in [0.2, 0.25) is 0 Å². The molecule has 8 heteroatoms. The van der Waals surface area contributed by atoms with E-state index in [0.29, 0.717) is 22.7 Å². The maximum Gasteiger partial charge on any atom is 0.329 e. The second-order valence-electron chi connectivity index (χ2n) is 6.96. The van der Waals surface area contributed by atoms with E-state index in [-0.39, 0.29) is 0 Å². The number of methoxy groups -OCH3 is 1. The molecule has 0 aliphatic carbocycles. The van der Waals surface area contributed by atoms with Gasteiger partial charge in [0.05, 0.1) is 19.0 Å². The quantitative estimate of drug-likeness (QED) is 0.272. The van der Waals surface area contributed by atoms with E-state index in [1.165, 1.54) is 6.21 Å². The van der Waals surface area contributed by atoms with Gasteiger partial charge in [0, 0.05) is 23.0 Å². The molecule has 33 heavy (non-hydrogen) atoms. The van der Waals surface area contributed by atoms with Gasteiger partial charge in [-0.25, -0.2) is 10.1 Å². The Balaban J connectivity index is 1.49. The number of ether oxygens (including phenoxy) is 1. The molecule has 3 aromatic carbocycles. The summed E-state index contributed by atoms with van der Waals surface area (Å²) in [6.07, 6.45) is 3.28. The summed E-state index contributed by atoms with van der Waals surface area (Å²) in [5, 5.41) is 11.2. The minimum Gasteiger partial charge on any atom is -0.497 e. The zero-order chi connectivity index (χ0) is 23.0. The molecule has 4 rings (SSSR count). The number of benzene rings is 3. The average molecular weight is 439 g/mol. The molecule has 0 bridgehead atoms. The third-order valence-corrected chi connectivity index (χ3v) is 4.73. The van der Waals surface area contributed by atoms with Gasteiger partial charge in [-0.2, -0.15) is 10.2 Å². The highest BCUT2D eigenvalue weighted by atomic mass is 16.5. The summed E-state index contributed by atoms with van der Waals surface area (Å²) in [4.78, 5) is 24.3. The molecule has 1 heterocycles. The molecular weight excluding hydrogens is 418 g/mol. The van der Waals surface area contributed by atoms with E-state index in [0.717, 1.165) is 11.3 Å². The summed E-state index contributed by atoms with van der Waals surface area (Å²) in [6, 6.07) is 25.9. The summed E-state index contributed by atoms with van der Waals surface area (Å²) in [6.45, 7) is 0. The Morgan fingerprint density at radius 3 is 2.24 bits per heavy atom. The van der Waals surface area contributed by atoms with Crippen LogP contribution in [0.4, 0.5) is 5.69 Å². The van der Waals surface area contributed by atoms with Crippen LogP contribution in [0.15, 0.2) is 96.2 Å². The highest BCUT2D eigenvalue weighted by molar-refractivity contribution is 6.39. The smallest absolute Gasteiger partial charge is 0.329 e. The van der Waals surface area contributed by atoms with Gasteiger partial charge in [-0.15, -0.1) is 0 Å². The Morgan fingerprint density at radius 2 is 1.58 bits per heavy atom. The van der Waals surface area contributed by atoms with E-state index >= 15 is 0 Å². The number of nitrogens with one attached hydrogen (secondary N) is 2. The van der Waals surface area contributed by atoms with Crippen LogP contribution in [0.25, 0.3) is 16.9 Å². The molecule has 8 nitrogen and oxygen atoms in total. The molecule has 4 aromatic rings. The first-order valence-corrected chi connectivity index (χ1v) is 10.1. The van der Waals surface area contributed by atoms with Crippen LogP contribution in [0.3, 0.4) is 0 Å². The number of amides is 2. The van der Waals surface area contributed by atoms with Crippen LogP contribution in [0.1, 0.15) is 5.56 Å². The zero-order valence-corrected chi connectivity index (χ0v) is 17.8. The molecule has 0 fully saturated rings. The third-order valence-electron chi connectivity index (χ3n) is 4.73. The number of aromatic nitrogens is 2. The zero-order valence-electron chi connectivity index (χ0n) is 17.8. The van der Waals surface area contributed by atoms with Crippen molar-refractivity contribution in [1.82, 2.24) is 15.2 Å². The topological polar surface area (TPSA) is 97.6 Å². The standard InChI is InChI=1S/C25H21N5O3/c1-33-22-14-12-20(13-15-22)27-24(31)25(32)28-26-16-19-17-30(21-10-6-3-7-11-21)29-23(19)18-8-4-2-5-9-18/h2-17H,1H3,(H,27,31)(H,28,32)/b26-16+. The third kappa shape index (κ3) is 5.31. The van der Waals surface area contributed by atoms with Gasteiger partial charge in [-0.05, 0) is 36.4 Å². The monoisotopic (exact) mass is 439 g/mol. The molecule has 0 aliphatic heterocycles. The van der Waals surface area contributed by atoms with Crippen molar-refractivity contribution in [3.8, 4) is 22.7 Å². The first-order valence-electron chi connectivity index (χ1n) is 10.1. The van der Waals surface area contributed by atoms with Crippen molar-refractivity contribution in [2.75, 3.05) is 12.4 Å². The van der Waals surface area contributed by atoms with Crippen LogP contribution < -0.4 is 15.5 Å². The van der Waals surface area contributed by atoms with E-state index in [9.17, 15) is 9.59 Å². The minimum absolute atomic E-state index is 0.468. The summed E-state index contributed by atoms with van der Waals surface area (Å²) in [5.41, 5.74) is 5.89. The second-order valence-corrected chi connectivity index (χ2v) is 6.96. The van der Waals surface area contributed by atoms with Crippen LogP contribution >= 0.6 is 0 Å². The molecule has 2 N–H and O–H groups in total. The van der Waals surface area contributed by atoms with Crippen LogP contribution in [-0.4, -0.2) is 34.9 Å². The molecule has 0 atom stereocenters. The van der Waals surface area contributed by atoms with E-state index in [2.05, 4.69) is 20.9 Å². The lowest BCUT2D eigenvalue weighted by Gasteiger charge is -2.05. The highest BCUT2D eigenvalue weighted by Crippen LogP contribution is 2.22. The van der Waals surface area contributed by atoms with Crippen molar-refractivity contribution < 1.29 is 14.3 Å². The lowest BCUT2D eigenvalue weighted by atomic mass is 10.1. The molecule has 0 radical (unpaired) electrons. The number of nitrogens with zero attached hydrogens (tertiary/aromatic N) is 3. The minimum atomic E-state index is -0.890. The normalized spacial score (nSPS) is 10.7. The number of hydrogen-bond donors (Lipinski definition) is 2. The summed E-state index contributed by atoms with van der Waals surface area (Å²) >= 11 is 0. The van der Waals surface area contributed by atoms with Gasteiger partial charge in [-0.1, -0.05) is 48.5 Å². The van der Waals surface area contributed by atoms with Crippen molar-refractivity contribution in [3.05, 3.63) is 96.7 Å².